The van der Waals surface area contributed by atoms with Crippen molar-refractivity contribution in [3.05, 3.63) is 12.2 Å². The molecule has 2 atom stereocenters. The summed E-state index contributed by atoms with van der Waals surface area (Å²) in [5, 5.41) is 27.9. The van der Waals surface area contributed by atoms with Crippen molar-refractivity contribution >= 4 is 5.97 Å². The Morgan fingerprint density at radius 2 is 1.86 bits per heavy atom. The molecule has 0 saturated carbocycles. The van der Waals surface area contributed by atoms with Crippen molar-refractivity contribution in [2.45, 2.75) is 46.5 Å². The molecule has 0 aliphatic rings. The average Bonchev–Trinajstić information content (AvgIpc) is 2.46. The molecule has 0 heterocycles. The second-order valence-corrected chi connectivity index (χ2v) is 5.30. The molecule has 5 nitrogen and oxygen atoms in total. The zero-order valence-electron chi connectivity index (χ0n) is 12.9. The Morgan fingerprint density at radius 1 is 1.24 bits per heavy atom. The number of nitriles is 3. The molecule has 0 aromatic rings. The van der Waals surface area contributed by atoms with Crippen LogP contribution in [0.5, 0.6) is 0 Å². The summed E-state index contributed by atoms with van der Waals surface area (Å²) >= 11 is 0. The lowest BCUT2D eigenvalue weighted by atomic mass is 9.61. The van der Waals surface area contributed by atoms with Gasteiger partial charge in [0.2, 0.25) is 0 Å². The number of ether oxygens (including phenoxy) is 1. The molecule has 5 heteroatoms. The Hall–Kier alpha value is -2.32. The molecular weight excluding hydrogens is 266 g/mol. The van der Waals surface area contributed by atoms with Gasteiger partial charge in [0.25, 0.3) is 0 Å². The van der Waals surface area contributed by atoms with Crippen LogP contribution < -0.4 is 0 Å². The maximum absolute atomic E-state index is 12.3. The first-order valence-corrected chi connectivity index (χ1v) is 6.84. The van der Waals surface area contributed by atoms with Crippen LogP contribution >= 0.6 is 0 Å². The van der Waals surface area contributed by atoms with E-state index in [1.807, 2.05) is 19.1 Å². The summed E-state index contributed by atoms with van der Waals surface area (Å²) in [5.41, 5.74) is -2.00. The molecule has 0 aromatic carbocycles. The van der Waals surface area contributed by atoms with Crippen LogP contribution in [-0.4, -0.2) is 12.6 Å². The van der Waals surface area contributed by atoms with Crippen LogP contribution in [0, 0.1) is 44.8 Å². The zero-order valence-corrected chi connectivity index (χ0v) is 12.9. The number of allylic oxidation sites excluding steroid dienone is 1. The molecule has 0 N–H and O–H groups in total. The monoisotopic (exact) mass is 287 g/mol. The second-order valence-electron chi connectivity index (χ2n) is 5.30. The van der Waals surface area contributed by atoms with Gasteiger partial charge in [0, 0.05) is 6.42 Å². The first kappa shape index (κ1) is 18.7. The normalized spacial score (nSPS) is 15.4. The Labute approximate surface area is 126 Å². The fourth-order valence-electron chi connectivity index (χ4n) is 2.15. The van der Waals surface area contributed by atoms with Crippen molar-refractivity contribution in [3.8, 4) is 18.2 Å². The molecular formula is C16H21N3O2. The molecule has 0 saturated heterocycles. The number of rotatable bonds is 8. The minimum absolute atomic E-state index is 0.0106. The van der Waals surface area contributed by atoms with Gasteiger partial charge in [-0.05, 0) is 40.0 Å². The van der Waals surface area contributed by atoms with Gasteiger partial charge >= 0.3 is 5.97 Å². The fourth-order valence-corrected chi connectivity index (χ4v) is 2.15. The lowest BCUT2D eigenvalue weighted by molar-refractivity contribution is -0.157. The minimum Gasteiger partial charge on any atom is -0.465 e. The number of hydrogen-bond acceptors (Lipinski definition) is 5. The van der Waals surface area contributed by atoms with Crippen LogP contribution in [0.4, 0.5) is 0 Å². The lowest BCUT2D eigenvalue weighted by Crippen LogP contribution is -2.45. The van der Waals surface area contributed by atoms with Gasteiger partial charge in [-0.2, -0.15) is 15.8 Å². The standard InChI is InChI=1S/C16H21N3O2/c1-5-21-14(20)16(12-19,8-6-10-17)15(4,11-18)9-7-13(2)3/h2,5-9H2,1,3-4H3. The second kappa shape index (κ2) is 8.08. The first-order chi connectivity index (χ1) is 9.83. The van der Waals surface area contributed by atoms with Crippen molar-refractivity contribution in [1.82, 2.24) is 0 Å². The highest BCUT2D eigenvalue weighted by Crippen LogP contribution is 2.47. The van der Waals surface area contributed by atoms with Crippen LogP contribution in [0.15, 0.2) is 12.2 Å². The summed E-state index contributed by atoms with van der Waals surface area (Å²) in [4.78, 5) is 12.3. The van der Waals surface area contributed by atoms with E-state index in [9.17, 15) is 15.3 Å². The van der Waals surface area contributed by atoms with E-state index in [2.05, 4.69) is 12.6 Å². The van der Waals surface area contributed by atoms with E-state index in [4.69, 9.17) is 10.00 Å². The van der Waals surface area contributed by atoms with Crippen molar-refractivity contribution in [3.63, 3.8) is 0 Å². The zero-order chi connectivity index (χ0) is 16.5. The third-order valence-corrected chi connectivity index (χ3v) is 3.67. The number of nitrogens with zero attached hydrogens (tertiary/aromatic N) is 3. The lowest BCUT2D eigenvalue weighted by Gasteiger charge is -2.36. The van der Waals surface area contributed by atoms with Gasteiger partial charge in [0.15, 0.2) is 5.41 Å². The summed E-state index contributed by atoms with van der Waals surface area (Å²) in [6.45, 7) is 8.95. The minimum atomic E-state index is -1.64. The number of hydrogen-bond donors (Lipinski definition) is 0. The maximum atomic E-state index is 12.3. The van der Waals surface area contributed by atoms with Crippen molar-refractivity contribution in [2.75, 3.05) is 6.61 Å². The SMILES string of the molecule is C=C(C)CCC(C)(C#N)C(C#N)(CCC#N)C(=O)OCC. The van der Waals surface area contributed by atoms with Gasteiger partial charge in [0.1, 0.15) is 0 Å². The van der Waals surface area contributed by atoms with Crippen LogP contribution in [-0.2, 0) is 9.53 Å². The van der Waals surface area contributed by atoms with Crippen molar-refractivity contribution in [1.29, 1.82) is 15.8 Å². The van der Waals surface area contributed by atoms with E-state index in [1.54, 1.807) is 13.8 Å². The largest absolute Gasteiger partial charge is 0.465 e. The summed E-state index contributed by atoms with van der Waals surface area (Å²) in [6, 6.07) is 6.00. The Balaban J connectivity index is 5.77. The number of carbonyl (C=O) groups is 1. The molecule has 0 amide bonds. The summed E-state index contributed by atoms with van der Waals surface area (Å²) in [7, 11) is 0. The fraction of sp³-hybridized carbons (Fsp3) is 0.625. The van der Waals surface area contributed by atoms with Gasteiger partial charge in [-0.3, -0.25) is 4.79 Å². The first-order valence-electron chi connectivity index (χ1n) is 6.84. The quantitative estimate of drug-likeness (QED) is 0.504. The van der Waals surface area contributed by atoms with E-state index < -0.39 is 16.8 Å². The molecule has 0 spiro atoms. The van der Waals surface area contributed by atoms with Crippen molar-refractivity contribution in [2.24, 2.45) is 10.8 Å². The highest BCUT2D eigenvalue weighted by atomic mass is 16.5. The molecule has 2 unspecified atom stereocenters. The Morgan fingerprint density at radius 3 is 2.24 bits per heavy atom. The van der Waals surface area contributed by atoms with E-state index in [-0.39, 0.29) is 19.4 Å². The Kier molecular flexibility index (Phi) is 7.18. The van der Waals surface area contributed by atoms with E-state index in [0.717, 1.165) is 5.57 Å². The third-order valence-electron chi connectivity index (χ3n) is 3.67. The smallest absolute Gasteiger partial charge is 0.328 e. The Bertz CT molecular complexity index is 521. The summed E-state index contributed by atoms with van der Waals surface area (Å²) < 4.78 is 5.01. The van der Waals surface area contributed by atoms with Gasteiger partial charge in [-0.1, -0.05) is 5.57 Å². The topological polar surface area (TPSA) is 97.7 Å². The highest BCUT2D eigenvalue weighted by Gasteiger charge is 2.55. The molecule has 21 heavy (non-hydrogen) atoms. The molecule has 0 aliphatic carbocycles. The third kappa shape index (κ3) is 4.07. The average molecular weight is 287 g/mol. The van der Waals surface area contributed by atoms with Crippen molar-refractivity contribution < 1.29 is 9.53 Å². The van der Waals surface area contributed by atoms with Gasteiger partial charge in [-0.25, -0.2) is 0 Å². The van der Waals surface area contributed by atoms with E-state index >= 15 is 0 Å². The predicted octanol–water partition coefficient (Wildman–Crippen LogP) is 3.25. The molecule has 0 fully saturated rings. The van der Waals surface area contributed by atoms with Crippen LogP contribution in [0.1, 0.15) is 46.5 Å². The van der Waals surface area contributed by atoms with Gasteiger partial charge in [0.05, 0.1) is 30.2 Å². The van der Waals surface area contributed by atoms with Crippen LogP contribution in [0.3, 0.4) is 0 Å². The van der Waals surface area contributed by atoms with Gasteiger partial charge in [-0.15, -0.1) is 6.58 Å². The highest BCUT2D eigenvalue weighted by molar-refractivity contribution is 5.82. The molecule has 0 aromatic heterocycles. The van der Waals surface area contributed by atoms with E-state index in [1.165, 1.54) is 0 Å². The van der Waals surface area contributed by atoms with Gasteiger partial charge < -0.3 is 4.74 Å². The van der Waals surface area contributed by atoms with E-state index in [0.29, 0.717) is 12.8 Å². The number of carbonyl (C=O) groups excluding carboxylic acids is 1. The molecule has 0 radical (unpaired) electrons. The van der Waals surface area contributed by atoms with Crippen LogP contribution in [0.25, 0.3) is 0 Å². The molecule has 0 aliphatic heterocycles. The molecule has 112 valence electrons. The molecule has 0 bridgehead atoms. The van der Waals surface area contributed by atoms with Crippen LogP contribution in [0.2, 0.25) is 0 Å². The predicted molar refractivity (Wildman–Crippen MR) is 77.3 cm³/mol. The number of esters is 1. The summed E-state index contributed by atoms with van der Waals surface area (Å²) in [5.74, 6) is -0.728. The molecule has 0 rings (SSSR count). The summed E-state index contributed by atoms with van der Waals surface area (Å²) in [6.07, 6.45) is 0.839. The maximum Gasteiger partial charge on any atom is 0.328 e.